The molecule has 0 unspecified atom stereocenters. The molecule has 1 saturated heterocycles. The zero-order valence-corrected chi connectivity index (χ0v) is 10.1. The van der Waals surface area contributed by atoms with E-state index in [1.54, 1.807) is 6.07 Å². The minimum absolute atomic E-state index is 0.0388. The number of aromatic nitrogens is 2. The fourth-order valence-electron chi connectivity index (χ4n) is 2.15. The average Bonchev–Trinajstić information content (AvgIpc) is 2.62. The molecule has 15 heavy (non-hydrogen) atoms. The molecule has 1 N–H and O–H groups in total. The Morgan fingerprint density at radius 1 is 1.47 bits per heavy atom. The van der Waals surface area contributed by atoms with E-state index in [4.69, 9.17) is 0 Å². The maximum atomic E-state index is 11.4. The molecule has 3 nitrogen and oxygen atoms in total. The molecule has 0 amide bonds. The highest BCUT2D eigenvalue weighted by Crippen LogP contribution is 2.31. The van der Waals surface area contributed by atoms with E-state index >= 15 is 0 Å². The highest BCUT2D eigenvalue weighted by molar-refractivity contribution is 7.99. The average molecular weight is 226 g/mol. The van der Waals surface area contributed by atoms with Gasteiger partial charge in [0.05, 0.1) is 0 Å². The van der Waals surface area contributed by atoms with Crippen LogP contribution in [0.5, 0.6) is 0 Å². The Bertz CT molecular complexity index is 374. The van der Waals surface area contributed by atoms with Crippen LogP contribution in [0.4, 0.5) is 0 Å². The van der Waals surface area contributed by atoms with Gasteiger partial charge in [-0.2, -0.15) is 11.8 Å². The van der Waals surface area contributed by atoms with Gasteiger partial charge in [0.25, 0.3) is 5.56 Å². The van der Waals surface area contributed by atoms with Crippen molar-refractivity contribution in [2.24, 2.45) is 0 Å². The first kappa shape index (κ1) is 10.9. The summed E-state index contributed by atoms with van der Waals surface area (Å²) in [5, 5.41) is 2.90. The molecule has 1 aromatic heterocycles. The van der Waals surface area contributed by atoms with Crippen molar-refractivity contribution in [2.75, 3.05) is 11.5 Å². The summed E-state index contributed by atoms with van der Waals surface area (Å²) in [6.07, 6.45) is 2.41. The summed E-state index contributed by atoms with van der Waals surface area (Å²) < 4.78 is 2.03. The normalized spacial score (nSPS) is 18.6. The standard InChI is InChI=1S/C11H18N2OS/c1-8(2)13-10(7-11(14)12-13)9-3-5-15-6-4-9/h7-9H,3-6H2,1-2H3,(H,12,14). The summed E-state index contributed by atoms with van der Waals surface area (Å²) in [6, 6.07) is 2.12. The van der Waals surface area contributed by atoms with Gasteiger partial charge >= 0.3 is 0 Å². The van der Waals surface area contributed by atoms with E-state index in [1.807, 2.05) is 16.4 Å². The third-order valence-corrected chi connectivity index (χ3v) is 3.99. The van der Waals surface area contributed by atoms with Crippen LogP contribution in [-0.2, 0) is 0 Å². The van der Waals surface area contributed by atoms with Gasteiger partial charge in [-0.3, -0.25) is 14.6 Å². The minimum Gasteiger partial charge on any atom is -0.286 e. The molecule has 2 heterocycles. The molecular weight excluding hydrogens is 208 g/mol. The number of aromatic amines is 1. The van der Waals surface area contributed by atoms with Gasteiger partial charge in [-0.25, -0.2) is 0 Å². The van der Waals surface area contributed by atoms with Crippen LogP contribution in [0.1, 0.15) is 44.3 Å². The van der Waals surface area contributed by atoms with Crippen molar-refractivity contribution < 1.29 is 0 Å². The molecule has 2 rings (SSSR count). The molecule has 1 aromatic rings. The molecule has 0 atom stereocenters. The van der Waals surface area contributed by atoms with E-state index < -0.39 is 0 Å². The van der Waals surface area contributed by atoms with Crippen molar-refractivity contribution in [3.05, 3.63) is 22.1 Å². The van der Waals surface area contributed by atoms with Gasteiger partial charge < -0.3 is 0 Å². The topological polar surface area (TPSA) is 37.8 Å². The Labute approximate surface area is 94.2 Å². The molecule has 1 aliphatic heterocycles. The molecule has 0 radical (unpaired) electrons. The number of thioether (sulfide) groups is 1. The van der Waals surface area contributed by atoms with Gasteiger partial charge in [-0.15, -0.1) is 0 Å². The van der Waals surface area contributed by atoms with E-state index in [9.17, 15) is 4.79 Å². The number of hydrogen-bond acceptors (Lipinski definition) is 2. The summed E-state index contributed by atoms with van der Waals surface area (Å²) in [4.78, 5) is 11.4. The Hall–Kier alpha value is -0.640. The largest absolute Gasteiger partial charge is 0.286 e. The summed E-state index contributed by atoms with van der Waals surface area (Å²) in [7, 11) is 0. The number of hydrogen-bond donors (Lipinski definition) is 1. The lowest BCUT2D eigenvalue weighted by Crippen LogP contribution is -2.15. The number of H-pyrrole nitrogens is 1. The molecule has 1 fully saturated rings. The van der Waals surface area contributed by atoms with Crippen molar-refractivity contribution in [1.29, 1.82) is 0 Å². The zero-order chi connectivity index (χ0) is 10.8. The lowest BCUT2D eigenvalue weighted by atomic mass is 9.98. The first-order valence-corrected chi connectivity index (χ1v) is 6.73. The van der Waals surface area contributed by atoms with E-state index in [0.29, 0.717) is 12.0 Å². The smallest absolute Gasteiger partial charge is 0.264 e. The van der Waals surface area contributed by atoms with E-state index in [0.717, 1.165) is 0 Å². The van der Waals surface area contributed by atoms with Gasteiger partial charge in [0.2, 0.25) is 0 Å². The van der Waals surface area contributed by atoms with Crippen molar-refractivity contribution in [3.8, 4) is 0 Å². The fraction of sp³-hybridized carbons (Fsp3) is 0.727. The molecule has 0 spiro atoms. The van der Waals surface area contributed by atoms with Crippen LogP contribution >= 0.6 is 11.8 Å². The van der Waals surface area contributed by atoms with Gasteiger partial charge in [0.15, 0.2) is 0 Å². The maximum absolute atomic E-state index is 11.4. The first-order valence-electron chi connectivity index (χ1n) is 5.57. The zero-order valence-electron chi connectivity index (χ0n) is 9.32. The number of rotatable bonds is 2. The summed E-state index contributed by atoms with van der Waals surface area (Å²) >= 11 is 2.02. The molecule has 4 heteroatoms. The summed E-state index contributed by atoms with van der Waals surface area (Å²) in [5.74, 6) is 3.03. The predicted molar refractivity (Wildman–Crippen MR) is 64.7 cm³/mol. The lowest BCUT2D eigenvalue weighted by molar-refractivity contribution is 0.471. The van der Waals surface area contributed by atoms with Gasteiger partial charge in [0, 0.05) is 23.7 Å². The summed E-state index contributed by atoms with van der Waals surface area (Å²) in [5.41, 5.74) is 1.24. The van der Waals surface area contributed by atoms with Crippen LogP contribution in [0.15, 0.2) is 10.9 Å². The fourth-order valence-corrected chi connectivity index (χ4v) is 3.26. The second-order valence-electron chi connectivity index (χ2n) is 4.40. The molecule has 0 aromatic carbocycles. The number of nitrogens with zero attached hydrogens (tertiary/aromatic N) is 1. The molecule has 1 aliphatic rings. The van der Waals surface area contributed by atoms with Crippen LogP contribution in [0.2, 0.25) is 0 Å². The molecule has 0 saturated carbocycles. The molecular formula is C11H18N2OS. The number of nitrogens with one attached hydrogen (secondary N) is 1. The Morgan fingerprint density at radius 2 is 2.13 bits per heavy atom. The quantitative estimate of drug-likeness (QED) is 0.840. The van der Waals surface area contributed by atoms with Gasteiger partial charge in [-0.05, 0) is 38.2 Å². The first-order chi connectivity index (χ1) is 7.18. The molecule has 84 valence electrons. The van der Waals surface area contributed by atoms with E-state index in [1.165, 1.54) is 30.0 Å². The highest BCUT2D eigenvalue weighted by atomic mass is 32.2. The monoisotopic (exact) mass is 226 g/mol. The third-order valence-electron chi connectivity index (χ3n) is 2.94. The second-order valence-corrected chi connectivity index (χ2v) is 5.62. The third kappa shape index (κ3) is 2.30. The van der Waals surface area contributed by atoms with Crippen molar-refractivity contribution in [3.63, 3.8) is 0 Å². The van der Waals surface area contributed by atoms with Crippen LogP contribution in [0.25, 0.3) is 0 Å². The van der Waals surface area contributed by atoms with Crippen molar-refractivity contribution in [2.45, 2.75) is 38.6 Å². The predicted octanol–water partition coefficient (Wildman–Crippen LogP) is 2.37. The lowest BCUT2D eigenvalue weighted by Gasteiger charge is -2.23. The van der Waals surface area contributed by atoms with Gasteiger partial charge in [-0.1, -0.05) is 0 Å². The van der Waals surface area contributed by atoms with Gasteiger partial charge in [0.1, 0.15) is 0 Å². The van der Waals surface area contributed by atoms with Crippen LogP contribution < -0.4 is 5.56 Å². The maximum Gasteiger partial charge on any atom is 0.264 e. The van der Waals surface area contributed by atoms with Crippen molar-refractivity contribution >= 4 is 11.8 Å². The van der Waals surface area contributed by atoms with Crippen LogP contribution in [-0.4, -0.2) is 21.3 Å². The minimum atomic E-state index is 0.0388. The van der Waals surface area contributed by atoms with Crippen LogP contribution in [0.3, 0.4) is 0 Å². The van der Waals surface area contributed by atoms with E-state index in [2.05, 4.69) is 18.9 Å². The SMILES string of the molecule is CC(C)n1[nH]c(=O)cc1C1CCSCC1. The molecule has 0 bridgehead atoms. The second kappa shape index (κ2) is 4.47. The Morgan fingerprint density at radius 3 is 2.73 bits per heavy atom. The van der Waals surface area contributed by atoms with Crippen molar-refractivity contribution in [1.82, 2.24) is 9.78 Å². The Balaban J connectivity index is 2.29. The Kier molecular flexibility index (Phi) is 3.24. The highest BCUT2D eigenvalue weighted by Gasteiger charge is 2.20. The van der Waals surface area contributed by atoms with Crippen LogP contribution in [0, 0.1) is 0 Å². The molecule has 0 aliphatic carbocycles. The summed E-state index contributed by atoms with van der Waals surface area (Å²) in [6.45, 7) is 4.22. The van der Waals surface area contributed by atoms with E-state index in [-0.39, 0.29) is 5.56 Å².